The molecule has 1 saturated carbocycles. The Morgan fingerprint density at radius 2 is 1.88 bits per heavy atom. The lowest BCUT2D eigenvalue weighted by Gasteiger charge is -2.37. The van der Waals surface area contributed by atoms with Crippen LogP contribution in [-0.4, -0.2) is 52.4 Å². The Morgan fingerprint density at radius 1 is 1.24 bits per heavy atom. The van der Waals surface area contributed by atoms with Gasteiger partial charge in [-0.05, 0) is 28.7 Å². The van der Waals surface area contributed by atoms with E-state index in [0.29, 0.717) is 5.56 Å². The first-order valence-electron chi connectivity index (χ1n) is 10.9. The fourth-order valence-electron chi connectivity index (χ4n) is 4.81. The molecule has 1 aromatic rings. The number of hydrogen-bond acceptors (Lipinski definition) is 5. The van der Waals surface area contributed by atoms with Gasteiger partial charge in [-0.1, -0.05) is 40.7 Å². The lowest BCUT2D eigenvalue weighted by atomic mass is 9.85. The number of nitriles is 1. The van der Waals surface area contributed by atoms with E-state index < -0.39 is 47.4 Å². The first-order valence-corrected chi connectivity index (χ1v) is 10.9. The molecule has 5 atom stereocenters. The molecule has 2 N–H and O–H groups in total. The summed E-state index contributed by atoms with van der Waals surface area (Å²) in [6.45, 7) is 8.70. The van der Waals surface area contributed by atoms with Gasteiger partial charge in [0.25, 0.3) is 0 Å². The van der Waals surface area contributed by atoms with E-state index >= 15 is 0 Å². The van der Waals surface area contributed by atoms with E-state index in [0.717, 1.165) is 0 Å². The summed E-state index contributed by atoms with van der Waals surface area (Å²) in [6, 6.07) is 1.76. The molecular formula is C23H28F3N5O3. The predicted molar refractivity (Wildman–Crippen MR) is 114 cm³/mol. The van der Waals surface area contributed by atoms with Crippen LogP contribution in [0.1, 0.15) is 46.2 Å². The monoisotopic (exact) mass is 479 g/mol. The van der Waals surface area contributed by atoms with Crippen molar-refractivity contribution in [1.82, 2.24) is 20.5 Å². The second-order valence-corrected chi connectivity index (χ2v) is 10.5. The molecule has 11 heteroatoms. The Balaban J connectivity index is 1.87. The van der Waals surface area contributed by atoms with Crippen molar-refractivity contribution < 1.29 is 27.6 Å². The second kappa shape index (κ2) is 8.56. The summed E-state index contributed by atoms with van der Waals surface area (Å²) in [4.78, 5) is 43.6. The van der Waals surface area contributed by atoms with Gasteiger partial charge in [-0.25, -0.2) is 0 Å². The number of carbonyl (C=O) groups is 3. The lowest BCUT2D eigenvalue weighted by molar-refractivity contribution is -0.176. The standard InChI is InChI=1S/C23H28F3N5O3/c1-21(2,3)17(30-20(34)23(24,25)26)19(33)31-11-13-15(22(13,4)5)16(31)18(32)29-14(9-27)12-7-6-8-28-10-12/h6-8,10,13-17H,11H2,1-5H3,(H,29,32)(H,30,34). The molecule has 0 aromatic carbocycles. The summed E-state index contributed by atoms with van der Waals surface area (Å²) in [7, 11) is 0. The maximum atomic E-state index is 13.5. The van der Waals surface area contributed by atoms with Crippen molar-refractivity contribution in [2.45, 2.75) is 58.9 Å². The predicted octanol–water partition coefficient (Wildman–Crippen LogP) is 2.34. The van der Waals surface area contributed by atoms with Crippen LogP contribution < -0.4 is 10.6 Å². The van der Waals surface area contributed by atoms with E-state index in [1.54, 1.807) is 12.1 Å². The number of piperidine rings is 1. The molecule has 3 amide bonds. The topological polar surface area (TPSA) is 115 Å². The molecule has 5 unspecified atom stereocenters. The Labute approximate surface area is 195 Å². The zero-order chi connectivity index (χ0) is 25.6. The fraction of sp³-hybridized carbons (Fsp3) is 0.609. The third-order valence-electron chi connectivity index (χ3n) is 6.84. The Morgan fingerprint density at radius 3 is 2.38 bits per heavy atom. The summed E-state index contributed by atoms with van der Waals surface area (Å²) >= 11 is 0. The van der Waals surface area contributed by atoms with Crippen LogP contribution in [0, 0.1) is 34.0 Å². The number of hydrogen-bond donors (Lipinski definition) is 2. The van der Waals surface area contributed by atoms with Crippen LogP contribution in [0.5, 0.6) is 0 Å². The van der Waals surface area contributed by atoms with Gasteiger partial charge in [0, 0.05) is 24.5 Å². The number of rotatable bonds is 5. The summed E-state index contributed by atoms with van der Waals surface area (Å²) in [6.07, 6.45) is -2.19. The van der Waals surface area contributed by atoms with Crippen molar-refractivity contribution >= 4 is 17.7 Å². The molecule has 0 bridgehead atoms. The first-order chi connectivity index (χ1) is 15.6. The van der Waals surface area contributed by atoms with E-state index in [9.17, 15) is 32.8 Å². The van der Waals surface area contributed by atoms with Gasteiger partial charge in [0.05, 0.1) is 6.07 Å². The quantitative estimate of drug-likeness (QED) is 0.673. The fourth-order valence-corrected chi connectivity index (χ4v) is 4.81. The van der Waals surface area contributed by atoms with Crippen molar-refractivity contribution in [1.29, 1.82) is 5.26 Å². The number of carbonyl (C=O) groups excluding carboxylic acids is 3. The van der Waals surface area contributed by atoms with E-state index in [-0.39, 0.29) is 23.8 Å². The maximum Gasteiger partial charge on any atom is 0.471 e. The molecule has 184 valence electrons. The van der Waals surface area contributed by atoms with Crippen molar-refractivity contribution in [3.63, 3.8) is 0 Å². The van der Waals surface area contributed by atoms with E-state index in [4.69, 9.17) is 0 Å². The highest BCUT2D eigenvalue weighted by atomic mass is 19.4. The van der Waals surface area contributed by atoms with Gasteiger partial charge >= 0.3 is 12.1 Å². The Hall–Kier alpha value is -3.16. The molecule has 2 aliphatic rings. The molecule has 1 aliphatic heterocycles. The molecule has 34 heavy (non-hydrogen) atoms. The number of amides is 3. The number of pyridine rings is 1. The molecule has 0 spiro atoms. The van der Waals surface area contributed by atoms with Gasteiger partial charge in [-0.2, -0.15) is 18.4 Å². The van der Waals surface area contributed by atoms with E-state index in [1.807, 2.05) is 25.2 Å². The van der Waals surface area contributed by atoms with Crippen LogP contribution in [0.4, 0.5) is 13.2 Å². The van der Waals surface area contributed by atoms with Crippen LogP contribution in [-0.2, 0) is 14.4 Å². The molecular weight excluding hydrogens is 451 g/mol. The minimum atomic E-state index is -5.15. The zero-order valence-electron chi connectivity index (χ0n) is 19.6. The molecule has 1 aliphatic carbocycles. The molecule has 2 heterocycles. The van der Waals surface area contributed by atoms with Crippen molar-refractivity contribution in [3.05, 3.63) is 30.1 Å². The maximum absolute atomic E-state index is 13.5. The van der Waals surface area contributed by atoms with Crippen LogP contribution in [0.3, 0.4) is 0 Å². The highest BCUT2D eigenvalue weighted by molar-refractivity contribution is 5.95. The molecule has 8 nitrogen and oxygen atoms in total. The third kappa shape index (κ3) is 4.72. The number of aromatic nitrogens is 1. The van der Waals surface area contributed by atoms with Gasteiger partial charge in [-0.3, -0.25) is 19.4 Å². The van der Waals surface area contributed by atoms with Crippen LogP contribution >= 0.6 is 0 Å². The normalized spacial score (nSPS) is 24.9. The SMILES string of the molecule is CC(C)(C)C(NC(=O)C(F)(F)F)C(=O)N1CC2C(C1C(=O)NC(C#N)c1cccnc1)C2(C)C. The van der Waals surface area contributed by atoms with Gasteiger partial charge in [-0.15, -0.1) is 0 Å². The van der Waals surface area contributed by atoms with E-state index in [2.05, 4.69) is 10.3 Å². The minimum Gasteiger partial charge on any atom is -0.336 e. The smallest absolute Gasteiger partial charge is 0.336 e. The van der Waals surface area contributed by atoms with Crippen LogP contribution in [0.25, 0.3) is 0 Å². The summed E-state index contributed by atoms with van der Waals surface area (Å²) in [5, 5.41) is 14.0. The van der Waals surface area contributed by atoms with Gasteiger partial charge in [0.1, 0.15) is 18.1 Å². The van der Waals surface area contributed by atoms with Gasteiger partial charge in [0.15, 0.2) is 0 Å². The summed E-state index contributed by atoms with van der Waals surface area (Å²) in [5.74, 6) is -3.79. The average molecular weight is 480 g/mol. The molecule has 0 radical (unpaired) electrons. The molecule has 3 rings (SSSR count). The summed E-state index contributed by atoms with van der Waals surface area (Å²) < 4.78 is 38.8. The number of halogens is 3. The number of fused-ring (bicyclic) bond motifs is 1. The molecule has 1 aromatic heterocycles. The van der Waals surface area contributed by atoms with Crippen molar-refractivity contribution in [2.75, 3.05) is 6.54 Å². The third-order valence-corrected chi connectivity index (χ3v) is 6.84. The molecule has 1 saturated heterocycles. The van der Waals surface area contributed by atoms with Crippen molar-refractivity contribution in [2.24, 2.45) is 22.7 Å². The van der Waals surface area contributed by atoms with Crippen LogP contribution in [0.15, 0.2) is 24.5 Å². The molecule has 2 fully saturated rings. The lowest BCUT2D eigenvalue weighted by Crippen LogP contribution is -2.60. The first kappa shape index (κ1) is 25.5. The highest BCUT2D eigenvalue weighted by Crippen LogP contribution is 2.65. The highest BCUT2D eigenvalue weighted by Gasteiger charge is 2.70. The van der Waals surface area contributed by atoms with Crippen LogP contribution in [0.2, 0.25) is 0 Å². The average Bonchev–Trinajstić information content (AvgIpc) is 3.09. The number of nitrogens with one attached hydrogen (secondary N) is 2. The second-order valence-electron chi connectivity index (χ2n) is 10.5. The largest absolute Gasteiger partial charge is 0.471 e. The van der Waals surface area contributed by atoms with Gasteiger partial charge in [0.2, 0.25) is 11.8 Å². The Bertz CT molecular complexity index is 1010. The number of alkyl halides is 3. The number of likely N-dealkylation sites (tertiary alicyclic amines) is 1. The zero-order valence-corrected chi connectivity index (χ0v) is 19.6. The Kier molecular flexibility index (Phi) is 6.41. The number of nitrogens with zero attached hydrogens (tertiary/aromatic N) is 3. The summed E-state index contributed by atoms with van der Waals surface area (Å²) in [5.41, 5.74) is -0.834. The van der Waals surface area contributed by atoms with Crippen molar-refractivity contribution in [3.8, 4) is 6.07 Å². The van der Waals surface area contributed by atoms with Gasteiger partial charge < -0.3 is 15.5 Å². The minimum absolute atomic E-state index is 0.0231. The van der Waals surface area contributed by atoms with E-state index in [1.165, 1.54) is 38.1 Å².